The molecular formula is C12H14N2O2. The smallest absolute Gasteiger partial charge is 0.214 e. The predicted octanol–water partition coefficient (Wildman–Crippen LogP) is 2.29. The Kier molecular flexibility index (Phi) is 2.90. The highest BCUT2D eigenvalue weighted by Crippen LogP contribution is 2.12. The van der Waals surface area contributed by atoms with Crippen LogP contribution < -0.4 is 0 Å². The van der Waals surface area contributed by atoms with Crippen molar-refractivity contribution in [3.63, 3.8) is 0 Å². The maximum atomic E-state index is 12.1. The summed E-state index contributed by atoms with van der Waals surface area (Å²) >= 11 is 0. The Balaban J connectivity index is 2.39. The molecule has 0 unspecified atom stereocenters. The van der Waals surface area contributed by atoms with Crippen LogP contribution in [0, 0.1) is 0 Å². The van der Waals surface area contributed by atoms with E-state index in [1.54, 1.807) is 10.7 Å². The van der Waals surface area contributed by atoms with Gasteiger partial charge in [0, 0.05) is 6.54 Å². The van der Waals surface area contributed by atoms with Gasteiger partial charge in [0.1, 0.15) is 12.0 Å². The Labute approximate surface area is 93.9 Å². The van der Waals surface area contributed by atoms with Crippen LogP contribution in [0.2, 0.25) is 0 Å². The molecule has 0 amide bonds. The van der Waals surface area contributed by atoms with Gasteiger partial charge < -0.3 is 4.42 Å². The van der Waals surface area contributed by atoms with Gasteiger partial charge in [-0.25, -0.2) is 0 Å². The van der Waals surface area contributed by atoms with Crippen molar-refractivity contribution in [1.82, 2.24) is 9.78 Å². The number of carbonyl (C=O) groups is 1. The van der Waals surface area contributed by atoms with Crippen LogP contribution in [-0.2, 0) is 13.0 Å². The maximum absolute atomic E-state index is 12.1. The molecular weight excluding hydrogens is 204 g/mol. The number of aryl methyl sites for hydroxylation is 2. The highest BCUT2D eigenvalue weighted by molar-refractivity contribution is 6.07. The first-order valence-electron chi connectivity index (χ1n) is 5.39. The number of carbonyl (C=O) groups excluding carboxylic acids is 1. The number of furan rings is 1. The van der Waals surface area contributed by atoms with Gasteiger partial charge in [0.2, 0.25) is 5.78 Å². The molecule has 0 radical (unpaired) electrons. The molecule has 2 heterocycles. The molecule has 0 aliphatic heterocycles. The van der Waals surface area contributed by atoms with Crippen LogP contribution in [0.5, 0.6) is 0 Å². The van der Waals surface area contributed by atoms with Crippen molar-refractivity contribution in [2.75, 3.05) is 0 Å². The molecule has 0 bridgehead atoms. The van der Waals surface area contributed by atoms with Crippen molar-refractivity contribution < 1.29 is 9.21 Å². The molecule has 84 valence electrons. The van der Waals surface area contributed by atoms with Crippen molar-refractivity contribution in [1.29, 1.82) is 0 Å². The van der Waals surface area contributed by atoms with Gasteiger partial charge in [0.05, 0.1) is 17.5 Å². The second-order valence-electron chi connectivity index (χ2n) is 3.53. The van der Waals surface area contributed by atoms with E-state index in [1.165, 1.54) is 12.5 Å². The van der Waals surface area contributed by atoms with Crippen molar-refractivity contribution in [2.45, 2.75) is 26.8 Å². The third kappa shape index (κ3) is 1.78. The number of nitrogens with zero attached hydrogens (tertiary/aromatic N) is 2. The van der Waals surface area contributed by atoms with E-state index < -0.39 is 0 Å². The molecule has 0 N–H and O–H groups in total. The van der Waals surface area contributed by atoms with Crippen LogP contribution in [-0.4, -0.2) is 15.6 Å². The topological polar surface area (TPSA) is 48.0 Å². The van der Waals surface area contributed by atoms with E-state index in [2.05, 4.69) is 5.10 Å². The van der Waals surface area contributed by atoms with Gasteiger partial charge in [-0.2, -0.15) is 5.10 Å². The second kappa shape index (κ2) is 4.35. The lowest BCUT2D eigenvalue weighted by molar-refractivity contribution is 0.102. The Morgan fingerprint density at radius 1 is 1.50 bits per heavy atom. The van der Waals surface area contributed by atoms with Gasteiger partial charge in [-0.15, -0.1) is 0 Å². The first-order chi connectivity index (χ1) is 7.76. The zero-order valence-electron chi connectivity index (χ0n) is 9.43. The number of ketones is 1. The third-order valence-electron chi connectivity index (χ3n) is 2.51. The van der Waals surface area contributed by atoms with E-state index in [0.29, 0.717) is 17.8 Å². The normalized spacial score (nSPS) is 10.6. The van der Waals surface area contributed by atoms with Crippen molar-refractivity contribution >= 4 is 5.78 Å². The summed E-state index contributed by atoms with van der Waals surface area (Å²) in [6, 6.07) is 3.51. The standard InChI is InChI=1S/C12H14N2O2/c1-3-10-7-11(14(4-2)13-10)12(15)9-5-6-16-8-9/h5-8H,3-4H2,1-2H3. The number of aromatic nitrogens is 2. The highest BCUT2D eigenvalue weighted by Gasteiger charge is 2.16. The van der Waals surface area contributed by atoms with Crippen LogP contribution in [0.15, 0.2) is 29.1 Å². The summed E-state index contributed by atoms with van der Waals surface area (Å²) in [5.74, 6) is -0.0391. The fourth-order valence-corrected chi connectivity index (χ4v) is 1.61. The monoisotopic (exact) mass is 218 g/mol. The zero-order chi connectivity index (χ0) is 11.5. The quantitative estimate of drug-likeness (QED) is 0.740. The Morgan fingerprint density at radius 3 is 2.88 bits per heavy atom. The highest BCUT2D eigenvalue weighted by atomic mass is 16.3. The van der Waals surface area contributed by atoms with Crippen LogP contribution in [0.4, 0.5) is 0 Å². The Hall–Kier alpha value is -1.84. The largest absolute Gasteiger partial charge is 0.472 e. The molecule has 0 aliphatic rings. The summed E-state index contributed by atoms with van der Waals surface area (Å²) in [7, 11) is 0. The first-order valence-corrected chi connectivity index (χ1v) is 5.39. The van der Waals surface area contributed by atoms with Gasteiger partial charge >= 0.3 is 0 Å². The lowest BCUT2D eigenvalue weighted by atomic mass is 10.1. The maximum Gasteiger partial charge on any atom is 0.214 e. The van der Waals surface area contributed by atoms with Crippen molar-refractivity contribution in [2.24, 2.45) is 0 Å². The Morgan fingerprint density at radius 2 is 2.31 bits per heavy atom. The minimum atomic E-state index is -0.0391. The minimum absolute atomic E-state index is 0.0391. The molecule has 2 aromatic heterocycles. The van der Waals surface area contributed by atoms with Gasteiger partial charge in [-0.3, -0.25) is 9.48 Å². The molecule has 4 heteroatoms. The molecule has 2 aromatic rings. The molecule has 0 spiro atoms. The molecule has 0 aromatic carbocycles. The van der Waals surface area contributed by atoms with E-state index in [0.717, 1.165) is 12.1 Å². The van der Waals surface area contributed by atoms with E-state index in [9.17, 15) is 4.79 Å². The number of hydrogen-bond acceptors (Lipinski definition) is 3. The molecule has 0 saturated carbocycles. The number of rotatable bonds is 4. The fraction of sp³-hybridized carbons (Fsp3) is 0.333. The summed E-state index contributed by atoms with van der Waals surface area (Å²) in [4.78, 5) is 12.1. The zero-order valence-corrected chi connectivity index (χ0v) is 9.43. The average Bonchev–Trinajstić information content (AvgIpc) is 2.96. The summed E-state index contributed by atoms with van der Waals surface area (Å²) in [6.45, 7) is 4.69. The molecule has 4 nitrogen and oxygen atoms in total. The Bertz CT molecular complexity index is 483. The lowest BCUT2D eigenvalue weighted by Crippen LogP contribution is -2.09. The van der Waals surface area contributed by atoms with Crippen LogP contribution in [0.3, 0.4) is 0 Å². The number of hydrogen-bond donors (Lipinski definition) is 0. The van der Waals surface area contributed by atoms with E-state index >= 15 is 0 Å². The van der Waals surface area contributed by atoms with Gasteiger partial charge in [-0.05, 0) is 25.5 Å². The first kappa shape index (κ1) is 10.7. The predicted molar refractivity (Wildman–Crippen MR) is 59.4 cm³/mol. The van der Waals surface area contributed by atoms with E-state index in [4.69, 9.17) is 4.42 Å². The third-order valence-corrected chi connectivity index (χ3v) is 2.51. The molecule has 0 fully saturated rings. The lowest BCUT2D eigenvalue weighted by Gasteiger charge is -2.00. The van der Waals surface area contributed by atoms with E-state index in [1.807, 2.05) is 19.9 Å². The SMILES string of the molecule is CCc1cc(C(=O)c2ccoc2)n(CC)n1. The van der Waals surface area contributed by atoms with Crippen LogP contribution >= 0.6 is 0 Å². The summed E-state index contributed by atoms with van der Waals surface area (Å²) in [5.41, 5.74) is 2.13. The van der Waals surface area contributed by atoms with Crippen LogP contribution in [0.1, 0.15) is 35.6 Å². The van der Waals surface area contributed by atoms with Crippen molar-refractivity contribution in [3.05, 3.63) is 41.6 Å². The molecule has 0 saturated heterocycles. The van der Waals surface area contributed by atoms with Gasteiger partial charge in [0.15, 0.2) is 0 Å². The van der Waals surface area contributed by atoms with Gasteiger partial charge in [-0.1, -0.05) is 6.92 Å². The van der Waals surface area contributed by atoms with Crippen molar-refractivity contribution in [3.8, 4) is 0 Å². The molecule has 0 aliphatic carbocycles. The minimum Gasteiger partial charge on any atom is -0.472 e. The van der Waals surface area contributed by atoms with Crippen LogP contribution in [0.25, 0.3) is 0 Å². The summed E-state index contributed by atoms with van der Waals surface area (Å²) in [6.07, 6.45) is 3.79. The average molecular weight is 218 g/mol. The van der Waals surface area contributed by atoms with Gasteiger partial charge in [0.25, 0.3) is 0 Å². The molecule has 16 heavy (non-hydrogen) atoms. The summed E-state index contributed by atoms with van der Waals surface area (Å²) < 4.78 is 6.64. The van der Waals surface area contributed by atoms with E-state index in [-0.39, 0.29) is 5.78 Å². The second-order valence-corrected chi connectivity index (χ2v) is 3.53. The molecule has 0 atom stereocenters. The summed E-state index contributed by atoms with van der Waals surface area (Å²) in [5, 5.41) is 4.34. The fourth-order valence-electron chi connectivity index (χ4n) is 1.61. The molecule has 2 rings (SSSR count).